The molecule has 2 fully saturated rings. The molecule has 0 aliphatic carbocycles. The number of urea groups is 1. The van der Waals surface area contributed by atoms with Crippen molar-refractivity contribution in [2.45, 2.75) is 26.2 Å². The predicted molar refractivity (Wildman–Crippen MR) is 100.0 cm³/mol. The Bertz CT molecular complexity index is 765. The first-order chi connectivity index (χ1) is 12.3. The smallest absolute Gasteiger partial charge is 0.317 e. The van der Waals surface area contributed by atoms with Crippen LogP contribution >= 0.6 is 0 Å². The number of carbonyl (C=O) groups is 2. The van der Waals surface area contributed by atoms with Gasteiger partial charge in [0.25, 0.3) is 0 Å². The molecule has 2 aliphatic rings. The number of likely N-dealkylation sites (tertiary alicyclic amines) is 1. The van der Waals surface area contributed by atoms with E-state index < -0.39 is 9.84 Å². The lowest BCUT2D eigenvalue weighted by Crippen LogP contribution is -2.46. The van der Waals surface area contributed by atoms with Crippen molar-refractivity contribution in [3.05, 3.63) is 35.4 Å². The minimum absolute atomic E-state index is 0.0182. The molecule has 0 spiro atoms. The fourth-order valence-electron chi connectivity index (χ4n) is 3.67. The minimum Gasteiger partial charge on any atom is -0.338 e. The van der Waals surface area contributed by atoms with Gasteiger partial charge in [0.05, 0.1) is 11.5 Å². The maximum Gasteiger partial charge on any atom is 0.317 e. The third kappa shape index (κ3) is 4.63. The van der Waals surface area contributed by atoms with Crippen LogP contribution < -0.4 is 5.32 Å². The average Bonchev–Trinajstić information content (AvgIpc) is 2.99. The molecule has 7 heteroatoms. The molecule has 1 aromatic rings. The van der Waals surface area contributed by atoms with Gasteiger partial charge in [-0.1, -0.05) is 29.8 Å². The molecule has 2 aliphatic heterocycles. The van der Waals surface area contributed by atoms with Crippen LogP contribution in [0.2, 0.25) is 0 Å². The van der Waals surface area contributed by atoms with Crippen LogP contribution in [0.15, 0.2) is 24.3 Å². The summed E-state index contributed by atoms with van der Waals surface area (Å²) >= 11 is 0. The Labute approximate surface area is 154 Å². The molecular weight excluding hydrogens is 352 g/mol. The Kier molecular flexibility index (Phi) is 5.65. The molecule has 1 atom stereocenters. The van der Waals surface area contributed by atoms with E-state index in [2.05, 4.69) is 5.32 Å². The van der Waals surface area contributed by atoms with Gasteiger partial charge in [-0.25, -0.2) is 13.2 Å². The fraction of sp³-hybridized carbons (Fsp3) is 0.579. The number of carbonyl (C=O) groups excluding carboxylic acids is 2. The Hall–Kier alpha value is -1.89. The summed E-state index contributed by atoms with van der Waals surface area (Å²) in [5.74, 6) is 0.521. The Morgan fingerprint density at radius 3 is 2.35 bits per heavy atom. The van der Waals surface area contributed by atoms with Crippen molar-refractivity contribution in [3.63, 3.8) is 0 Å². The monoisotopic (exact) mass is 378 g/mol. The molecular formula is C19H26N2O4S. The number of nitrogens with one attached hydrogen (secondary N) is 1. The molecule has 2 saturated heterocycles. The highest BCUT2D eigenvalue weighted by molar-refractivity contribution is 7.91. The van der Waals surface area contributed by atoms with Gasteiger partial charge in [0, 0.05) is 31.1 Å². The highest BCUT2D eigenvalue weighted by Crippen LogP contribution is 2.22. The van der Waals surface area contributed by atoms with Gasteiger partial charge in [0.2, 0.25) is 0 Å². The van der Waals surface area contributed by atoms with Crippen molar-refractivity contribution in [3.8, 4) is 0 Å². The zero-order valence-corrected chi connectivity index (χ0v) is 15.9. The number of Topliss-reactive ketones (excluding diaryl/α,β-unsaturated/α-hetero) is 1. The number of rotatable bonds is 4. The van der Waals surface area contributed by atoms with Gasteiger partial charge in [-0.05, 0) is 32.1 Å². The quantitative estimate of drug-likeness (QED) is 0.813. The van der Waals surface area contributed by atoms with Crippen LogP contribution in [0.1, 0.15) is 35.2 Å². The zero-order chi connectivity index (χ0) is 18.7. The third-order valence-electron chi connectivity index (χ3n) is 5.36. The lowest BCUT2D eigenvalue weighted by Gasteiger charge is -2.31. The second-order valence-corrected chi connectivity index (χ2v) is 9.68. The molecule has 0 unspecified atom stereocenters. The van der Waals surface area contributed by atoms with Gasteiger partial charge in [0.1, 0.15) is 0 Å². The van der Waals surface area contributed by atoms with E-state index in [-0.39, 0.29) is 35.2 Å². The van der Waals surface area contributed by atoms with Crippen molar-refractivity contribution in [1.82, 2.24) is 10.2 Å². The van der Waals surface area contributed by atoms with Crippen LogP contribution in [0.3, 0.4) is 0 Å². The Morgan fingerprint density at radius 1 is 1.12 bits per heavy atom. The number of nitrogens with zero attached hydrogens (tertiary/aromatic N) is 1. The molecule has 6 nitrogen and oxygen atoms in total. The number of hydrogen-bond donors (Lipinski definition) is 1. The summed E-state index contributed by atoms with van der Waals surface area (Å²) in [4.78, 5) is 26.6. The van der Waals surface area contributed by atoms with Crippen molar-refractivity contribution < 1.29 is 18.0 Å². The lowest BCUT2D eigenvalue weighted by molar-refractivity contribution is 0.0854. The van der Waals surface area contributed by atoms with Crippen molar-refractivity contribution in [2.75, 3.05) is 31.1 Å². The average molecular weight is 378 g/mol. The van der Waals surface area contributed by atoms with E-state index in [0.717, 1.165) is 11.1 Å². The molecule has 2 heterocycles. The molecule has 0 radical (unpaired) electrons. The maximum absolute atomic E-state index is 12.6. The van der Waals surface area contributed by atoms with Crippen LogP contribution in [0.4, 0.5) is 4.79 Å². The summed E-state index contributed by atoms with van der Waals surface area (Å²) < 4.78 is 22.9. The summed E-state index contributed by atoms with van der Waals surface area (Å²) in [5, 5.41) is 2.85. The lowest BCUT2D eigenvalue weighted by atomic mass is 9.89. The highest BCUT2D eigenvalue weighted by atomic mass is 32.2. The molecule has 0 bridgehead atoms. The molecule has 3 rings (SSSR count). The van der Waals surface area contributed by atoms with Gasteiger partial charge >= 0.3 is 6.03 Å². The van der Waals surface area contributed by atoms with Crippen molar-refractivity contribution in [1.29, 1.82) is 0 Å². The van der Waals surface area contributed by atoms with E-state index >= 15 is 0 Å². The van der Waals surface area contributed by atoms with Gasteiger partial charge in [-0.3, -0.25) is 4.79 Å². The van der Waals surface area contributed by atoms with E-state index in [4.69, 9.17) is 0 Å². The number of ketones is 1. The standard InChI is InChI=1S/C19H26N2O4S/c1-14-2-4-16(5-3-14)18(22)17-6-9-21(10-7-17)19(23)20-12-15-8-11-26(24,25)13-15/h2-5,15,17H,6-13H2,1H3,(H,20,23)/t15-/m1/s1. The molecule has 0 aromatic heterocycles. The molecule has 26 heavy (non-hydrogen) atoms. The zero-order valence-electron chi connectivity index (χ0n) is 15.1. The van der Waals surface area contributed by atoms with Crippen LogP contribution in [-0.4, -0.2) is 56.3 Å². The Morgan fingerprint density at radius 2 is 1.77 bits per heavy atom. The van der Waals surface area contributed by atoms with Crippen LogP contribution in [-0.2, 0) is 9.84 Å². The number of sulfone groups is 1. The van der Waals surface area contributed by atoms with Gasteiger partial charge in [-0.15, -0.1) is 0 Å². The number of hydrogen-bond acceptors (Lipinski definition) is 4. The predicted octanol–water partition coefficient (Wildman–Crippen LogP) is 2.03. The van der Waals surface area contributed by atoms with Gasteiger partial charge in [0.15, 0.2) is 15.6 Å². The highest BCUT2D eigenvalue weighted by Gasteiger charge is 2.30. The summed E-state index contributed by atoms with van der Waals surface area (Å²) in [7, 11) is -2.92. The number of piperidine rings is 1. The SMILES string of the molecule is Cc1ccc(C(=O)C2CCN(C(=O)NC[C@H]3CCS(=O)(=O)C3)CC2)cc1. The first-order valence-electron chi connectivity index (χ1n) is 9.18. The van der Waals surface area contributed by atoms with Gasteiger partial charge in [-0.2, -0.15) is 0 Å². The second kappa shape index (κ2) is 7.78. The van der Waals surface area contributed by atoms with E-state index in [1.54, 1.807) is 4.90 Å². The van der Waals surface area contributed by atoms with Crippen molar-refractivity contribution >= 4 is 21.7 Å². The van der Waals surface area contributed by atoms with Crippen LogP contribution in [0.5, 0.6) is 0 Å². The number of aryl methyl sites for hydroxylation is 1. The van der Waals surface area contributed by atoms with E-state index in [1.807, 2.05) is 31.2 Å². The first-order valence-corrected chi connectivity index (χ1v) is 11.0. The number of amides is 2. The minimum atomic E-state index is -2.92. The van der Waals surface area contributed by atoms with Crippen LogP contribution in [0.25, 0.3) is 0 Å². The first kappa shape index (κ1) is 18.9. The third-order valence-corrected chi connectivity index (χ3v) is 7.19. The maximum atomic E-state index is 12.6. The summed E-state index contributed by atoms with van der Waals surface area (Å²) in [5.41, 5.74) is 1.86. The summed E-state index contributed by atoms with van der Waals surface area (Å²) in [6.45, 7) is 3.50. The van der Waals surface area contributed by atoms with E-state index in [1.165, 1.54) is 0 Å². The van der Waals surface area contributed by atoms with E-state index in [9.17, 15) is 18.0 Å². The van der Waals surface area contributed by atoms with E-state index in [0.29, 0.717) is 38.9 Å². The molecule has 1 N–H and O–H groups in total. The topological polar surface area (TPSA) is 83.6 Å². The summed E-state index contributed by atoms with van der Waals surface area (Å²) in [6, 6.07) is 7.46. The second-order valence-electron chi connectivity index (χ2n) is 7.45. The van der Waals surface area contributed by atoms with Crippen LogP contribution in [0, 0.1) is 18.8 Å². The molecule has 2 amide bonds. The number of benzene rings is 1. The van der Waals surface area contributed by atoms with Crippen molar-refractivity contribution in [2.24, 2.45) is 11.8 Å². The largest absolute Gasteiger partial charge is 0.338 e. The van der Waals surface area contributed by atoms with Gasteiger partial charge < -0.3 is 10.2 Å². The molecule has 0 saturated carbocycles. The molecule has 142 valence electrons. The Balaban J connectivity index is 1.45. The fourth-order valence-corrected chi connectivity index (χ4v) is 5.54. The summed E-state index contributed by atoms with van der Waals surface area (Å²) in [6.07, 6.45) is 1.95. The molecule has 1 aromatic carbocycles. The normalized spacial score (nSPS) is 23.0.